The summed E-state index contributed by atoms with van der Waals surface area (Å²) in [4.78, 5) is 11.9. The first kappa shape index (κ1) is 12.7. The van der Waals surface area contributed by atoms with Gasteiger partial charge < -0.3 is 10.1 Å². The van der Waals surface area contributed by atoms with E-state index in [1.807, 2.05) is 45.2 Å². The van der Waals surface area contributed by atoms with Crippen molar-refractivity contribution in [2.75, 3.05) is 13.6 Å². The summed E-state index contributed by atoms with van der Waals surface area (Å²) in [5.74, 6) is 0.796. The Labute approximate surface area is 96.8 Å². The van der Waals surface area contributed by atoms with Crippen molar-refractivity contribution in [3.8, 4) is 5.75 Å². The molecular weight excluding hydrogens is 202 g/mol. The molecule has 1 aromatic rings. The van der Waals surface area contributed by atoms with E-state index in [2.05, 4.69) is 5.32 Å². The van der Waals surface area contributed by atoms with Gasteiger partial charge in [-0.25, -0.2) is 0 Å². The molecule has 0 aliphatic carbocycles. The van der Waals surface area contributed by atoms with Crippen molar-refractivity contribution in [2.24, 2.45) is 0 Å². The highest BCUT2D eigenvalue weighted by atomic mass is 16.5. The summed E-state index contributed by atoms with van der Waals surface area (Å²) < 4.78 is 5.61. The molecule has 3 heteroatoms. The largest absolute Gasteiger partial charge is 0.490 e. The Kier molecular flexibility index (Phi) is 4.99. The number of Topliss-reactive ketones (excluding diaryl/α,β-unsaturated/α-hetero) is 1. The molecule has 3 nitrogen and oxygen atoms in total. The van der Waals surface area contributed by atoms with Crippen LogP contribution in [0.4, 0.5) is 0 Å². The van der Waals surface area contributed by atoms with E-state index in [9.17, 15) is 4.79 Å². The van der Waals surface area contributed by atoms with Gasteiger partial charge in [0.25, 0.3) is 0 Å². The summed E-state index contributed by atoms with van der Waals surface area (Å²) in [5.41, 5.74) is 0.673. The van der Waals surface area contributed by atoms with Gasteiger partial charge in [0.05, 0.1) is 11.7 Å². The molecule has 1 aromatic carbocycles. The van der Waals surface area contributed by atoms with Gasteiger partial charge in [-0.15, -0.1) is 0 Å². The zero-order chi connectivity index (χ0) is 12.0. The number of rotatable bonds is 6. The number of benzene rings is 1. The number of para-hydroxylation sites is 1. The Morgan fingerprint density at radius 2 is 2.06 bits per heavy atom. The van der Waals surface area contributed by atoms with Crippen molar-refractivity contribution in [1.29, 1.82) is 0 Å². The highest BCUT2D eigenvalue weighted by Gasteiger charge is 2.12. The number of carbonyl (C=O) groups excluding carboxylic acids is 1. The predicted molar refractivity (Wildman–Crippen MR) is 65.1 cm³/mol. The van der Waals surface area contributed by atoms with Crippen LogP contribution < -0.4 is 10.1 Å². The zero-order valence-corrected chi connectivity index (χ0v) is 10.1. The molecule has 1 N–H and O–H groups in total. The van der Waals surface area contributed by atoms with Crippen LogP contribution in [0.25, 0.3) is 0 Å². The van der Waals surface area contributed by atoms with Crippen LogP contribution in [-0.4, -0.2) is 25.5 Å². The molecule has 0 aliphatic heterocycles. The summed E-state index contributed by atoms with van der Waals surface area (Å²) >= 11 is 0. The predicted octanol–water partition coefficient (Wildman–Crippen LogP) is 2.27. The van der Waals surface area contributed by atoms with E-state index >= 15 is 0 Å². The van der Waals surface area contributed by atoms with E-state index in [-0.39, 0.29) is 11.9 Å². The van der Waals surface area contributed by atoms with Crippen molar-refractivity contribution in [3.05, 3.63) is 29.8 Å². The van der Waals surface area contributed by atoms with Crippen molar-refractivity contribution < 1.29 is 9.53 Å². The second-order valence-electron chi connectivity index (χ2n) is 3.94. The maximum Gasteiger partial charge on any atom is 0.167 e. The lowest BCUT2D eigenvalue weighted by molar-refractivity contribution is 0.0977. The van der Waals surface area contributed by atoms with Crippen LogP contribution in [0.1, 0.15) is 30.6 Å². The Balaban J connectivity index is 2.81. The topological polar surface area (TPSA) is 38.3 Å². The fourth-order valence-electron chi connectivity index (χ4n) is 1.43. The normalized spacial score (nSPS) is 10.5. The molecule has 0 atom stereocenters. The van der Waals surface area contributed by atoms with E-state index in [0.29, 0.717) is 24.3 Å². The molecule has 1 rings (SSSR count). The molecule has 0 amide bonds. The molecule has 0 bridgehead atoms. The lowest BCUT2D eigenvalue weighted by atomic mass is 10.1. The second-order valence-corrected chi connectivity index (χ2v) is 3.94. The molecule has 0 heterocycles. The SMILES string of the molecule is CNCCC(=O)c1ccccc1OC(C)C. The minimum Gasteiger partial charge on any atom is -0.490 e. The van der Waals surface area contributed by atoms with Crippen molar-refractivity contribution in [1.82, 2.24) is 5.32 Å². The molecule has 88 valence electrons. The summed E-state index contributed by atoms with van der Waals surface area (Å²) in [6.45, 7) is 4.60. The molecule has 0 spiro atoms. The maximum absolute atomic E-state index is 11.9. The van der Waals surface area contributed by atoms with Gasteiger partial charge in [0, 0.05) is 13.0 Å². The maximum atomic E-state index is 11.9. The van der Waals surface area contributed by atoms with E-state index in [1.54, 1.807) is 0 Å². The number of ketones is 1. The molecule has 0 fully saturated rings. The molecule has 0 saturated carbocycles. The highest BCUT2D eigenvalue weighted by Crippen LogP contribution is 2.20. The minimum absolute atomic E-state index is 0.0817. The number of nitrogens with one attached hydrogen (secondary N) is 1. The number of hydrogen-bond donors (Lipinski definition) is 1. The summed E-state index contributed by atoms with van der Waals surface area (Å²) in [7, 11) is 1.84. The standard InChI is InChI=1S/C13H19NO2/c1-10(2)16-13-7-5-4-6-11(13)12(15)8-9-14-3/h4-7,10,14H,8-9H2,1-3H3. The zero-order valence-electron chi connectivity index (χ0n) is 10.1. The van der Waals surface area contributed by atoms with Crippen molar-refractivity contribution >= 4 is 5.78 Å². The summed E-state index contributed by atoms with van der Waals surface area (Å²) in [6.07, 6.45) is 0.577. The first-order chi connectivity index (χ1) is 7.65. The van der Waals surface area contributed by atoms with Gasteiger partial charge in [-0.05, 0) is 33.0 Å². The Hall–Kier alpha value is -1.35. The van der Waals surface area contributed by atoms with Crippen LogP contribution in [0.15, 0.2) is 24.3 Å². The Morgan fingerprint density at radius 1 is 1.38 bits per heavy atom. The smallest absolute Gasteiger partial charge is 0.167 e. The van der Waals surface area contributed by atoms with Crippen molar-refractivity contribution in [3.63, 3.8) is 0 Å². The van der Waals surface area contributed by atoms with E-state index in [0.717, 1.165) is 0 Å². The van der Waals surface area contributed by atoms with Gasteiger partial charge in [-0.2, -0.15) is 0 Å². The molecule has 0 aliphatic rings. The molecule has 16 heavy (non-hydrogen) atoms. The number of hydrogen-bond acceptors (Lipinski definition) is 3. The highest BCUT2D eigenvalue weighted by molar-refractivity contribution is 5.98. The lowest BCUT2D eigenvalue weighted by Crippen LogP contribution is -2.15. The van der Waals surface area contributed by atoms with Crippen LogP contribution in [-0.2, 0) is 0 Å². The fraction of sp³-hybridized carbons (Fsp3) is 0.462. The molecular formula is C13H19NO2. The molecule has 0 saturated heterocycles. The van der Waals surface area contributed by atoms with Crippen LogP contribution in [0.5, 0.6) is 5.75 Å². The average molecular weight is 221 g/mol. The third-order valence-electron chi connectivity index (χ3n) is 2.15. The summed E-state index contributed by atoms with van der Waals surface area (Å²) in [5, 5.41) is 2.97. The van der Waals surface area contributed by atoms with Gasteiger partial charge in [0.1, 0.15) is 5.75 Å². The second kappa shape index (κ2) is 6.28. The Morgan fingerprint density at radius 3 is 2.69 bits per heavy atom. The monoisotopic (exact) mass is 221 g/mol. The quantitative estimate of drug-likeness (QED) is 0.749. The molecule has 0 aromatic heterocycles. The fourth-order valence-corrected chi connectivity index (χ4v) is 1.43. The van der Waals surface area contributed by atoms with Gasteiger partial charge in [0.2, 0.25) is 0 Å². The van der Waals surface area contributed by atoms with Crippen LogP contribution in [0.3, 0.4) is 0 Å². The minimum atomic E-state index is 0.0817. The van der Waals surface area contributed by atoms with E-state index < -0.39 is 0 Å². The first-order valence-corrected chi connectivity index (χ1v) is 5.58. The first-order valence-electron chi connectivity index (χ1n) is 5.58. The van der Waals surface area contributed by atoms with E-state index in [1.165, 1.54) is 0 Å². The van der Waals surface area contributed by atoms with Crippen LogP contribution in [0.2, 0.25) is 0 Å². The Bertz CT molecular complexity index is 348. The van der Waals surface area contributed by atoms with Gasteiger partial charge in [-0.1, -0.05) is 12.1 Å². The average Bonchev–Trinajstić information content (AvgIpc) is 2.26. The number of carbonyl (C=O) groups is 1. The summed E-state index contributed by atoms with van der Waals surface area (Å²) in [6, 6.07) is 7.40. The van der Waals surface area contributed by atoms with Crippen LogP contribution in [0, 0.1) is 0 Å². The van der Waals surface area contributed by atoms with Gasteiger partial charge >= 0.3 is 0 Å². The lowest BCUT2D eigenvalue weighted by Gasteiger charge is -2.13. The van der Waals surface area contributed by atoms with E-state index in [4.69, 9.17) is 4.74 Å². The van der Waals surface area contributed by atoms with Gasteiger partial charge in [0.15, 0.2) is 5.78 Å². The third kappa shape index (κ3) is 3.66. The van der Waals surface area contributed by atoms with Crippen LogP contribution >= 0.6 is 0 Å². The van der Waals surface area contributed by atoms with Gasteiger partial charge in [-0.3, -0.25) is 4.79 Å². The molecule has 0 unspecified atom stereocenters. The van der Waals surface area contributed by atoms with Crippen molar-refractivity contribution in [2.45, 2.75) is 26.4 Å². The molecule has 0 radical (unpaired) electrons. The third-order valence-corrected chi connectivity index (χ3v) is 2.15. The number of ether oxygens (including phenoxy) is 1.